The Morgan fingerprint density at radius 2 is 2.05 bits per heavy atom. The summed E-state index contributed by atoms with van der Waals surface area (Å²) in [6.45, 7) is 2.27. The molecule has 0 saturated carbocycles. The minimum atomic E-state index is -0.116. The quantitative estimate of drug-likeness (QED) is 0.550. The van der Waals surface area contributed by atoms with Crippen LogP contribution in [0.25, 0.3) is 10.6 Å². The normalized spacial score (nSPS) is 10.2. The molecule has 0 atom stereocenters. The smallest absolute Gasteiger partial charge is 0.226 e. The zero-order chi connectivity index (χ0) is 15.9. The summed E-state index contributed by atoms with van der Waals surface area (Å²) in [6.07, 6.45) is 0.221. The summed E-state index contributed by atoms with van der Waals surface area (Å²) >= 11 is 1.48. The van der Waals surface area contributed by atoms with Crippen molar-refractivity contribution in [3.05, 3.63) is 35.3 Å². The number of nitrogens with two attached hydrogens (primary N) is 1. The fraction of sp³-hybridized carbons (Fsp3) is 0.267. The summed E-state index contributed by atoms with van der Waals surface area (Å²) in [5.41, 5.74) is 8.11. The number of amides is 2. The molecule has 0 unspecified atom stereocenters. The SMILES string of the molecule is CC(=O)NCCNC(=O)Cc1csc(-c2cccc(N)c2)n1. The van der Waals surface area contributed by atoms with E-state index in [1.807, 2.05) is 29.6 Å². The number of carbonyl (C=O) groups is 2. The van der Waals surface area contributed by atoms with Crippen LogP contribution in [0, 0.1) is 0 Å². The van der Waals surface area contributed by atoms with Gasteiger partial charge in [0.1, 0.15) is 5.01 Å². The molecule has 0 aliphatic carbocycles. The van der Waals surface area contributed by atoms with E-state index in [0.29, 0.717) is 18.8 Å². The van der Waals surface area contributed by atoms with E-state index in [4.69, 9.17) is 5.73 Å². The molecule has 6 nitrogen and oxygen atoms in total. The van der Waals surface area contributed by atoms with E-state index in [0.717, 1.165) is 16.3 Å². The van der Waals surface area contributed by atoms with Crippen LogP contribution in [-0.4, -0.2) is 29.9 Å². The van der Waals surface area contributed by atoms with Crippen LogP contribution in [0.15, 0.2) is 29.6 Å². The monoisotopic (exact) mass is 318 g/mol. The van der Waals surface area contributed by atoms with Gasteiger partial charge in [0.05, 0.1) is 12.1 Å². The lowest BCUT2D eigenvalue weighted by atomic mass is 10.2. The van der Waals surface area contributed by atoms with Crippen LogP contribution in [-0.2, 0) is 16.0 Å². The van der Waals surface area contributed by atoms with E-state index >= 15 is 0 Å². The number of aromatic nitrogens is 1. The Bertz CT molecular complexity index is 669. The summed E-state index contributed by atoms with van der Waals surface area (Å²) in [5, 5.41) is 8.06. The van der Waals surface area contributed by atoms with E-state index in [2.05, 4.69) is 15.6 Å². The minimum Gasteiger partial charge on any atom is -0.399 e. The van der Waals surface area contributed by atoms with Crippen LogP contribution in [0.3, 0.4) is 0 Å². The minimum absolute atomic E-state index is 0.111. The van der Waals surface area contributed by atoms with Gasteiger partial charge in [-0.25, -0.2) is 4.98 Å². The van der Waals surface area contributed by atoms with Crippen LogP contribution >= 0.6 is 11.3 Å². The largest absolute Gasteiger partial charge is 0.399 e. The van der Waals surface area contributed by atoms with E-state index in [9.17, 15) is 9.59 Å². The molecule has 2 aromatic rings. The number of nitrogens with zero attached hydrogens (tertiary/aromatic N) is 1. The second-order valence-corrected chi connectivity index (χ2v) is 5.64. The Hall–Kier alpha value is -2.41. The van der Waals surface area contributed by atoms with Crippen LogP contribution in [0.5, 0.6) is 0 Å². The zero-order valence-electron chi connectivity index (χ0n) is 12.3. The predicted molar refractivity (Wildman–Crippen MR) is 87.4 cm³/mol. The summed E-state index contributed by atoms with van der Waals surface area (Å²) in [5.74, 6) is -0.227. The molecule has 0 aliphatic heterocycles. The molecule has 0 fully saturated rings. The molecular formula is C15H18N4O2S. The molecule has 22 heavy (non-hydrogen) atoms. The first-order valence-electron chi connectivity index (χ1n) is 6.86. The highest BCUT2D eigenvalue weighted by Crippen LogP contribution is 2.25. The lowest BCUT2D eigenvalue weighted by molar-refractivity contribution is -0.121. The number of anilines is 1. The lowest BCUT2D eigenvalue weighted by Crippen LogP contribution is -2.34. The first-order chi connectivity index (χ1) is 10.5. The molecule has 1 heterocycles. The molecule has 0 radical (unpaired) electrons. The molecule has 0 spiro atoms. The van der Waals surface area contributed by atoms with Gasteiger partial charge in [-0.2, -0.15) is 0 Å². The maximum atomic E-state index is 11.8. The van der Waals surface area contributed by atoms with Gasteiger partial charge >= 0.3 is 0 Å². The number of hydrogen-bond donors (Lipinski definition) is 3. The summed E-state index contributed by atoms with van der Waals surface area (Å²) in [4.78, 5) is 26.9. The number of benzene rings is 1. The van der Waals surface area contributed by atoms with Crippen molar-refractivity contribution in [2.75, 3.05) is 18.8 Å². The molecule has 4 N–H and O–H groups in total. The van der Waals surface area contributed by atoms with Crippen molar-refractivity contribution in [1.82, 2.24) is 15.6 Å². The first kappa shape index (κ1) is 16.0. The number of nitrogen functional groups attached to an aromatic ring is 1. The van der Waals surface area contributed by atoms with E-state index < -0.39 is 0 Å². The van der Waals surface area contributed by atoms with Crippen molar-refractivity contribution >= 4 is 28.8 Å². The second-order valence-electron chi connectivity index (χ2n) is 4.78. The highest BCUT2D eigenvalue weighted by molar-refractivity contribution is 7.13. The summed E-state index contributed by atoms with van der Waals surface area (Å²) < 4.78 is 0. The molecule has 1 aromatic carbocycles. The Morgan fingerprint density at radius 3 is 2.77 bits per heavy atom. The van der Waals surface area contributed by atoms with Gasteiger partial charge in [-0.1, -0.05) is 12.1 Å². The van der Waals surface area contributed by atoms with Crippen LogP contribution in [0.4, 0.5) is 5.69 Å². The first-order valence-corrected chi connectivity index (χ1v) is 7.74. The third-order valence-corrected chi connectivity index (χ3v) is 3.79. The molecule has 0 aliphatic rings. The van der Waals surface area contributed by atoms with Crippen LogP contribution in [0.1, 0.15) is 12.6 Å². The number of hydrogen-bond acceptors (Lipinski definition) is 5. The van der Waals surface area contributed by atoms with Gasteiger partial charge in [-0.3, -0.25) is 9.59 Å². The van der Waals surface area contributed by atoms with Gasteiger partial charge < -0.3 is 16.4 Å². The third kappa shape index (κ3) is 4.85. The van der Waals surface area contributed by atoms with Gasteiger partial charge in [0.2, 0.25) is 11.8 Å². The van der Waals surface area contributed by atoms with Crippen molar-refractivity contribution in [3.63, 3.8) is 0 Å². The highest BCUT2D eigenvalue weighted by Gasteiger charge is 2.09. The number of nitrogens with one attached hydrogen (secondary N) is 2. The van der Waals surface area contributed by atoms with Crippen LogP contribution < -0.4 is 16.4 Å². The summed E-state index contributed by atoms with van der Waals surface area (Å²) in [6, 6.07) is 7.49. The maximum absolute atomic E-state index is 11.8. The number of thiazole rings is 1. The molecule has 0 saturated heterocycles. The van der Waals surface area contributed by atoms with E-state index in [-0.39, 0.29) is 18.2 Å². The van der Waals surface area contributed by atoms with Crippen molar-refractivity contribution in [2.24, 2.45) is 0 Å². The second kappa shape index (κ2) is 7.56. The van der Waals surface area contributed by atoms with E-state index in [1.54, 1.807) is 0 Å². The molecule has 7 heteroatoms. The Kier molecular flexibility index (Phi) is 5.48. The van der Waals surface area contributed by atoms with Gasteiger partial charge in [-0.15, -0.1) is 11.3 Å². The van der Waals surface area contributed by atoms with Crippen molar-refractivity contribution in [2.45, 2.75) is 13.3 Å². The maximum Gasteiger partial charge on any atom is 0.226 e. The van der Waals surface area contributed by atoms with Crippen molar-refractivity contribution in [3.8, 4) is 10.6 Å². The van der Waals surface area contributed by atoms with Gasteiger partial charge in [0.15, 0.2) is 0 Å². The average molecular weight is 318 g/mol. The number of rotatable bonds is 6. The van der Waals surface area contributed by atoms with Gasteiger partial charge in [0, 0.05) is 36.6 Å². The summed E-state index contributed by atoms with van der Waals surface area (Å²) in [7, 11) is 0. The van der Waals surface area contributed by atoms with E-state index in [1.165, 1.54) is 18.3 Å². The number of carbonyl (C=O) groups excluding carboxylic acids is 2. The van der Waals surface area contributed by atoms with Crippen LogP contribution in [0.2, 0.25) is 0 Å². The van der Waals surface area contributed by atoms with Gasteiger partial charge in [-0.05, 0) is 12.1 Å². The highest BCUT2D eigenvalue weighted by atomic mass is 32.1. The zero-order valence-corrected chi connectivity index (χ0v) is 13.1. The fourth-order valence-corrected chi connectivity index (χ4v) is 2.68. The average Bonchev–Trinajstić information content (AvgIpc) is 2.92. The van der Waals surface area contributed by atoms with Gasteiger partial charge in [0.25, 0.3) is 0 Å². The Balaban J connectivity index is 1.86. The standard InChI is InChI=1S/C15H18N4O2S/c1-10(20)17-5-6-18-14(21)8-13-9-22-15(19-13)11-3-2-4-12(16)7-11/h2-4,7,9H,5-6,8,16H2,1H3,(H,17,20)(H,18,21). The molecule has 2 amide bonds. The van der Waals surface area contributed by atoms with Crippen molar-refractivity contribution in [1.29, 1.82) is 0 Å². The third-order valence-electron chi connectivity index (χ3n) is 2.85. The predicted octanol–water partition coefficient (Wildman–Crippen LogP) is 1.19. The Morgan fingerprint density at radius 1 is 1.27 bits per heavy atom. The molecule has 0 bridgehead atoms. The lowest BCUT2D eigenvalue weighted by Gasteiger charge is -2.04. The molecule has 116 valence electrons. The molecule has 1 aromatic heterocycles. The van der Waals surface area contributed by atoms with Crippen molar-refractivity contribution < 1.29 is 9.59 Å². The molecular weight excluding hydrogens is 300 g/mol. The topological polar surface area (TPSA) is 97.1 Å². The fourth-order valence-electron chi connectivity index (χ4n) is 1.86. The molecule has 2 rings (SSSR count). The Labute approximate surface area is 132 Å².